The molecule has 3 rings (SSSR count). The minimum atomic E-state index is 0.498. The van der Waals surface area contributed by atoms with Crippen molar-refractivity contribution in [1.82, 2.24) is 0 Å². The number of halogens is 1. The van der Waals surface area contributed by atoms with E-state index in [2.05, 4.69) is 35.0 Å². The highest BCUT2D eigenvalue weighted by molar-refractivity contribution is 9.10. The standard InChI is InChI=1S/C13H14BrNO/c1-7-4-9(14)5-10-12(8-2-3-8)11(6-15)16-13(7)10/h4-5,8H,2-3,6,15H2,1H3. The molecule has 84 valence electrons. The number of hydrogen-bond acceptors (Lipinski definition) is 2. The lowest BCUT2D eigenvalue weighted by Crippen LogP contribution is -1.97. The molecule has 1 aliphatic carbocycles. The van der Waals surface area contributed by atoms with Crippen molar-refractivity contribution < 1.29 is 4.42 Å². The van der Waals surface area contributed by atoms with E-state index in [-0.39, 0.29) is 0 Å². The van der Waals surface area contributed by atoms with Crippen molar-refractivity contribution >= 4 is 26.9 Å². The normalized spacial score (nSPS) is 15.9. The van der Waals surface area contributed by atoms with Gasteiger partial charge in [0.05, 0.1) is 6.54 Å². The summed E-state index contributed by atoms with van der Waals surface area (Å²) in [5.74, 6) is 1.65. The Kier molecular flexibility index (Phi) is 2.33. The minimum absolute atomic E-state index is 0.498. The molecule has 1 saturated carbocycles. The lowest BCUT2D eigenvalue weighted by atomic mass is 10.0. The first-order chi connectivity index (χ1) is 7.70. The molecule has 2 N–H and O–H groups in total. The van der Waals surface area contributed by atoms with Crippen molar-refractivity contribution in [3.8, 4) is 0 Å². The van der Waals surface area contributed by atoms with E-state index in [1.807, 2.05) is 0 Å². The predicted molar refractivity (Wildman–Crippen MR) is 68.5 cm³/mol. The smallest absolute Gasteiger partial charge is 0.137 e. The molecule has 1 fully saturated rings. The number of hydrogen-bond donors (Lipinski definition) is 1. The predicted octanol–water partition coefficient (Wildman–Crippen LogP) is 3.84. The fourth-order valence-corrected chi connectivity index (χ4v) is 2.94. The van der Waals surface area contributed by atoms with Gasteiger partial charge in [0, 0.05) is 15.4 Å². The van der Waals surface area contributed by atoms with Crippen LogP contribution in [-0.2, 0) is 6.54 Å². The summed E-state index contributed by atoms with van der Waals surface area (Å²) in [5.41, 5.74) is 9.29. The second-order valence-electron chi connectivity index (χ2n) is 4.52. The summed E-state index contributed by atoms with van der Waals surface area (Å²) in [6.45, 7) is 2.57. The zero-order valence-electron chi connectivity index (χ0n) is 9.22. The Labute approximate surface area is 103 Å². The van der Waals surface area contributed by atoms with Crippen molar-refractivity contribution in [2.75, 3.05) is 0 Å². The Balaban J connectivity index is 2.35. The second-order valence-corrected chi connectivity index (χ2v) is 5.43. The van der Waals surface area contributed by atoms with Crippen molar-refractivity contribution in [3.05, 3.63) is 33.5 Å². The average Bonchev–Trinajstić information content (AvgIpc) is 3.00. The molecule has 1 heterocycles. The van der Waals surface area contributed by atoms with Crippen molar-refractivity contribution in [3.63, 3.8) is 0 Å². The zero-order chi connectivity index (χ0) is 11.3. The van der Waals surface area contributed by atoms with Crippen LogP contribution in [0.5, 0.6) is 0 Å². The molecule has 1 aliphatic rings. The van der Waals surface area contributed by atoms with Gasteiger partial charge in [-0.1, -0.05) is 15.9 Å². The van der Waals surface area contributed by atoms with E-state index in [4.69, 9.17) is 10.2 Å². The van der Waals surface area contributed by atoms with Crippen LogP contribution in [0.2, 0.25) is 0 Å². The van der Waals surface area contributed by atoms with Crippen LogP contribution in [0, 0.1) is 6.92 Å². The number of fused-ring (bicyclic) bond motifs is 1. The van der Waals surface area contributed by atoms with Gasteiger partial charge in [-0.2, -0.15) is 0 Å². The molecule has 0 radical (unpaired) electrons. The molecule has 2 aromatic rings. The van der Waals surface area contributed by atoms with Crippen LogP contribution < -0.4 is 5.73 Å². The summed E-state index contributed by atoms with van der Waals surface area (Å²) in [6, 6.07) is 4.24. The van der Waals surface area contributed by atoms with E-state index < -0.39 is 0 Å². The van der Waals surface area contributed by atoms with Crippen molar-refractivity contribution in [2.45, 2.75) is 32.2 Å². The lowest BCUT2D eigenvalue weighted by molar-refractivity contribution is 0.544. The van der Waals surface area contributed by atoms with E-state index in [0.29, 0.717) is 12.5 Å². The highest BCUT2D eigenvalue weighted by Crippen LogP contribution is 2.47. The molecule has 0 aliphatic heterocycles. The first-order valence-electron chi connectivity index (χ1n) is 5.62. The van der Waals surface area contributed by atoms with E-state index in [9.17, 15) is 0 Å². The molecule has 0 atom stereocenters. The van der Waals surface area contributed by atoms with Gasteiger partial charge in [0.15, 0.2) is 0 Å². The molecule has 16 heavy (non-hydrogen) atoms. The Morgan fingerprint density at radius 3 is 2.81 bits per heavy atom. The molecule has 0 unspecified atom stereocenters. The van der Waals surface area contributed by atoms with E-state index in [1.54, 1.807) is 0 Å². The Morgan fingerprint density at radius 2 is 2.19 bits per heavy atom. The zero-order valence-corrected chi connectivity index (χ0v) is 10.8. The van der Waals surface area contributed by atoms with Crippen LogP contribution in [0.3, 0.4) is 0 Å². The van der Waals surface area contributed by atoms with Gasteiger partial charge in [-0.15, -0.1) is 0 Å². The lowest BCUT2D eigenvalue weighted by Gasteiger charge is -1.99. The summed E-state index contributed by atoms with van der Waals surface area (Å²) in [7, 11) is 0. The van der Waals surface area contributed by atoms with Gasteiger partial charge < -0.3 is 10.2 Å². The minimum Gasteiger partial charge on any atom is -0.459 e. The largest absolute Gasteiger partial charge is 0.459 e. The monoisotopic (exact) mass is 279 g/mol. The van der Waals surface area contributed by atoms with Gasteiger partial charge in [-0.05, 0) is 43.4 Å². The molecule has 0 spiro atoms. The summed E-state index contributed by atoms with van der Waals surface area (Å²) >= 11 is 3.55. The summed E-state index contributed by atoms with van der Waals surface area (Å²) in [4.78, 5) is 0. The van der Waals surface area contributed by atoms with Crippen LogP contribution in [0.15, 0.2) is 21.0 Å². The van der Waals surface area contributed by atoms with Crippen LogP contribution >= 0.6 is 15.9 Å². The maximum Gasteiger partial charge on any atom is 0.137 e. The molecule has 0 amide bonds. The average molecular weight is 280 g/mol. The quantitative estimate of drug-likeness (QED) is 0.907. The number of aryl methyl sites for hydroxylation is 1. The van der Waals surface area contributed by atoms with Gasteiger partial charge in [0.1, 0.15) is 11.3 Å². The third-order valence-electron chi connectivity index (χ3n) is 3.23. The van der Waals surface area contributed by atoms with Crippen LogP contribution in [0.1, 0.15) is 35.6 Å². The summed E-state index contributed by atoms with van der Waals surface area (Å²) < 4.78 is 7.00. The Bertz CT molecular complexity index is 555. The van der Waals surface area contributed by atoms with Crippen LogP contribution in [0.4, 0.5) is 0 Å². The molecule has 2 nitrogen and oxygen atoms in total. The maximum absolute atomic E-state index is 5.89. The van der Waals surface area contributed by atoms with E-state index in [0.717, 1.165) is 15.8 Å². The molecular weight excluding hydrogens is 266 g/mol. The molecule has 1 aromatic carbocycles. The first kappa shape index (κ1) is 10.4. The van der Waals surface area contributed by atoms with Gasteiger partial charge in [0.2, 0.25) is 0 Å². The van der Waals surface area contributed by atoms with Crippen LogP contribution in [-0.4, -0.2) is 0 Å². The van der Waals surface area contributed by atoms with E-state index >= 15 is 0 Å². The molecule has 1 aromatic heterocycles. The third-order valence-corrected chi connectivity index (χ3v) is 3.68. The van der Waals surface area contributed by atoms with E-state index in [1.165, 1.54) is 29.4 Å². The SMILES string of the molecule is Cc1cc(Br)cc2c(C3CC3)c(CN)oc12. The summed E-state index contributed by atoms with van der Waals surface area (Å²) in [5, 5.41) is 1.25. The molecular formula is C13H14BrNO. The highest BCUT2D eigenvalue weighted by Gasteiger charge is 2.30. The van der Waals surface area contributed by atoms with Gasteiger partial charge >= 0.3 is 0 Å². The molecule has 0 saturated heterocycles. The van der Waals surface area contributed by atoms with Gasteiger partial charge in [-0.25, -0.2) is 0 Å². The Morgan fingerprint density at radius 1 is 1.44 bits per heavy atom. The van der Waals surface area contributed by atoms with Gasteiger partial charge in [-0.3, -0.25) is 0 Å². The number of benzene rings is 1. The molecule has 0 bridgehead atoms. The van der Waals surface area contributed by atoms with Crippen LogP contribution in [0.25, 0.3) is 11.0 Å². The number of furan rings is 1. The third kappa shape index (κ3) is 1.50. The highest BCUT2D eigenvalue weighted by atomic mass is 79.9. The first-order valence-corrected chi connectivity index (χ1v) is 6.41. The fraction of sp³-hybridized carbons (Fsp3) is 0.385. The van der Waals surface area contributed by atoms with Crippen molar-refractivity contribution in [1.29, 1.82) is 0 Å². The summed E-state index contributed by atoms with van der Waals surface area (Å²) in [6.07, 6.45) is 2.54. The van der Waals surface area contributed by atoms with Gasteiger partial charge in [0.25, 0.3) is 0 Å². The topological polar surface area (TPSA) is 39.2 Å². The second kappa shape index (κ2) is 3.60. The number of rotatable bonds is 2. The van der Waals surface area contributed by atoms with Crippen molar-refractivity contribution in [2.24, 2.45) is 5.73 Å². The Hall–Kier alpha value is -0.800. The number of nitrogens with two attached hydrogens (primary N) is 1. The fourth-order valence-electron chi connectivity index (χ4n) is 2.37. The molecule has 3 heteroatoms. The maximum atomic E-state index is 5.89.